The van der Waals surface area contributed by atoms with E-state index in [4.69, 9.17) is 0 Å². The number of fused-ring (bicyclic) bond motifs is 1. The minimum Gasteiger partial charge on any atom is -0.465 e. The first-order valence-corrected chi connectivity index (χ1v) is 8.42. The van der Waals surface area contributed by atoms with Gasteiger partial charge in [0.05, 0.1) is 16.8 Å². The lowest BCUT2D eigenvalue weighted by atomic mass is 10.2. The molecule has 2 aromatic rings. The summed E-state index contributed by atoms with van der Waals surface area (Å²) in [5, 5.41) is 0.779. The van der Waals surface area contributed by atoms with Crippen molar-refractivity contribution in [2.75, 3.05) is 13.4 Å². The van der Waals surface area contributed by atoms with Crippen LogP contribution in [-0.4, -0.2) is 29.5 Å². The molecule has 1 atom stereocenters. The van der Waals surface area contributed by atoms with Crippen molar-refractivity contribution >= 4 is 43.0 Å². The van der Waals surface area contributed by atoms with Gasteiger partial charge in [-0.2, -0.15) is 4.36 Å². The van der Waals surface area contributed by atoms with Gasteiger partial charge in [-0.15, -0.1) is 11.3 Å². The molecule has 1 aromatic heterocycles. The van der Waals surface area contributed by atoms with Crippen LogP contribution in [0.15, 0.2) is 33.5 Å². The third-order valence-electron chi connectivity index (χ3n) is 2.61. The molecule has 20 heavy (non-hydrogen) atoms. The van der Waals surface area contributed by atoms with E-state index in [9.17, 15) is 13.8 Å². The van der Waals surface area contributed by atoms with Gasteiger partial charge in [0.15, 0.2) is 0 Å². The molecule has 0 spiro atoms. The Kier molecular flexibility index (Phi) is 3.92. The minimum absolute atomic E-state index is 0.404. The summed E-state index contributed by atoms with van der Waals surface area (Å²) in [6.07, 6.45) is 1.42. The number of methoxy groups -OCH3 is 1. The Bertz CT molecular complexity index is 813. The van der Waals surface area contributed by atoms with Crippen molar-refractivity contribution in [1.29, 1.82) is 0 Å². The molecule has 1 aromatic carbocycles. The van der Waals surface area contributed by atoms with Crippen LogP contribution in [0.3, 0.4) is 0 Å². The summed E-state index contributed by atoms with van der Waals surface area (Å²) in [5.41, 5.74) is 0. The number of benzene rings is 1. The number of ether oxygens (including phenoxy) is 1. The van der Waals surface area contributed by atoms with E-state index in [0.717, 1.165) is 10.1 Å². The first-order valence-electron chi connectivity index (χ1n) is 5.68. The highest BCUT2D eigenvalue weighted by Gasteiger charge is 2.13. The molecule has 1 unspecified atom stereocenters. The Labute approximate surface area is 120 Å². The first-order chi connectivity index (χ1) is 9.33. The Morgan fingerprint density at radius 2 is 2.00 bits per heavy atom. The molecular weight excluding hydrogens is 298 g/mol. The van der Waals surface area contributed by atoms with E-state index < -0.39 is 21.6 Å². The summed E-state index contributed by atoms with van der Waals surface area (Å²) in [6, 6.07) is 6.79. The van der Waals surface area contributed by atoms with Gasteiger partial charge in [-0.3, -0.25) is 4.79 Å². The molecule has 2 rings (SSSR count). The van der Waals surface area contributed by atoms with Crippen LogP contribution in [0.25, 0.3) is 10.1 Å². The molecular formula is C13H13NO4S2. The Balaban J connectivity index is 2.57. The second kappa shape index (κ2) is 5.34. The van der Waals surface area contributed by atoms with Gasteiger partial charge in [0.1, 0.15) is 4.88 Å². The number of rotatable bonds is 2. The van der Waals surface area contributed by atoms with Crippen molar-refractivity contribution in [3.63, 3.8) is 0 Å². The lowest BCUT2D eigenvalue weighted by Crippen LogP contribution is -2.00. The van der Waals surface area contributed by atoms with Gasteiger partial charge < -0.3 is 4.74 Å². The largest absolute Gasteiger partial charge is 0.465 e. The molecule has 0 aliphatic rings. The fraction of sp³-hybridized carbons (Fsp3) is 0.231. The maximum Gasteiger partial charge on any atom is 0.348 e. The molecule has 0 N–H and O–H groups in total. The smallest absolute Gasteiger partial charge is 0.348 e. The average Bonchev–Trinajstić information content (AvgIpc) is 2.78. The number of carbonyl (C=O) groups is 2. The van der Waals surface area contributed by atoms with Gasteiger partial charge in [0.25, 0.3) is 5.91 Å². The fourth-order valence-corrected chi connectivity index (χ4v) is 3.98. The standard InChI is InChI=1S/C13H13NO4S2/c1-8(15)14-20(3,17)10-4-5-11-9(6-10)7-12(19-11)13(16)18-2/h4-7H,1-3H3. The highest BCUT2D eigenvalue weighted by atomic mass is 32.2. The van der Waals surface area contributed by atoms with Crippen molar-refractivity contribution in [3.8, 4) is 0 Å². The normalized spacial score (nSPS) is 13.8. The number of amides is 1. The SMILES string of the molecule is COC(=O)c1cc2cc(S(C)(=O)=NC(C)=O)ccc2s1. The molecule has 106 valence electrons. The van der Waals surface area contributed by atoms with Crippen molar-refractivity contribution in [2.24, 2.45) is 4.36 Å². The number of esters is 1. The number of hydrogen-bond acceptors (Lipinski definition) is 5. The predicted octanol–water partition coefficient (Wildman–Crippen LogP) is 2.69. The predicted molar refractivity (Wildman–Crippen MR) is 78.6 cm³/mol. The van der Waals surface area contributed by atoms with E-state index in [-0.39, 0.29) is 0 Å². The van der Waals surface area contributed by atoms with Crippen LogP contribution in [0.1, 0.15) is 16.6 Å². The second-order valence-electron chi connectivity index (χ2n) is 4.21. The van der Waals surface area contributed by atoms with Crippen LogP contribution in [0, 0.1) is 0 Å². The molecule has 0 fully saturated rings. The van der Waals surface area contributed by atoms with Crippen LogP contribution < -0.4 is 0 Å². The van der Waals surface area contributed by atoms with E-state index in [1.165, 1.54) is 31.6 Å². The van der Waals surface area contributed by atoms with Crippen LogP contribution in [0.5, 0.6) is 0 Å². The van der Waals surface area contributed by atoms with Crippen LogP contribution in [-0.2, 0) is 19.3 Å². The Morgan fingerprint density at radius 1 is 1.30 bits per heavy atom. The van der Waals surface area contributed by atoms with Crippen molar-refractivity contribution in [2.45, 2.75) is 11.8 Å². The summed E-state index contributed by atoms with van der Waals surface area (Å²) in [7, 11) is -1.43. The van der Waals surface area contributed by atoms with Crippen molar-refractivity contribution in [3.05, 3.63) is 29.1 Å². The summed E-state index contributed by atoms with van der Waals surface area (Å²) >= 11 is 1.30. The lowest BCUT2D eigenvalue weighted by Gasteiger charge is -2.02. The number of thiophene rings is 1. The quantitative estimate of drug-likeness (QED) is 0.799. The third kappa shape index (κ3) is 2.88. The molecule has 0 aliphatic heterocycles. The Hall–Kier alpha value is -1.73. The summed E-state index contributed by atoms with van der Waals surface area (Å²) in [5.74, 6) is -0.878. The molecule has 0 radical (unpaired) electrons. The summed E-state index contributed by atoms with van der Waals surface area (Å²) in [4.78, 5) is 23.4. The van der Waals surface area contributed by atoms with E-state index >= 15 is 0 Å². The van der Waals surface area contributed by atoms with Crippen molar-refractivity contribution < 1.29 is 18.5 Å². The topological polar surface area (TPSA) is 72.8 Å². The molecule has 1 amide bonds. The number of nitrogens with zero attached hydrogens (tertiary/aromatic N) is 1. The third-order valence-corrected chi connectivity index (χ3v) is 5.44. The average molecular weight is 311 g/mol. The fourth-order valence-electron chi connectivity index (χ4n) is 1.76. The number of hydrogen-bond donors (Lipinski definition) is 0. The first kappa shape index (κ1) is 14.7. The van der Waals surface area contributed by atoms with Gasteiger partial charge in [0, 0.05) is 22.8 Å². The minimum atomic E-state index is -2.75. The van der Waals surface area contributed by atoms with Gasteiger partial charge in [0.2, 0.25) is 0 Å². The van der Waals surface area contributed by atoms with E-state index in [2.05, 4.69) is 9.10 Å². The maximum absolute atomic E-state index is 12.4. The highest BCUT2D eigenvalue weighted by Crippen LogP contribution is 2.28. The summed E-state index contributed by atoms with van der Waals surface area (Å²) in [6.45, 7) is 1.27. The van der Waals surface area contributed by atoms with Gasteiger partial charge in [-0.1, -0.05) is 0 Å². The van der Waals surface area contributed by atoms with Crippen LogP contribution in [0.4, 0.5) is 0 Å². The molecule has 0 saturated carbocycles. The van der Waals surface area contributed by atoms with E-state index in [1.807, 2.05) is 0 Å². The van der Waals surface area contributed by atoms with Gasteiger partial charge in [-0.05, 0) is 29.7 Å². The van der Waals surface area contributed by atoms with Crippen LogP contribution >= 0.6 is 11.3 Å². The molecule has 5 nitrogen and oxygen atoms in total. The maximum atomic E-state index is 12.4. The molecule has 1 heterocycles. The monoisotopic (exact) mass is 311 g/mol. The zero-order valence-corrected chi connectivity index (χ0v) is 12.8. The van der Waals surface area contributed by atoms with Crippen LogP contribution in [0.2, 0.25) is 0 Å². The molecule has 0 bridgehead atoms. The molecule has 0 aliphatic carbocycles. The van der Waals surface area contributed by atoms with Gasteiger partial charge in [-0.25, -0.2) is 9.00 Å². The summed E-state index contributed by atoms with van der Waals surface area (Å²) < 4.78 is 21.6. The second-order valence-corrected chi connectivity index (χ2v) is 7.56. The highest BCUT2D eigenvalue weighted by molar-refractivity contribution is 7.93. The van der Waals surface area contributed by atoms with Gasteiger partial charge >= 0.3 is 5.97 Å². The lowest BCUT2D eigenvalue weighted by molar-refractivity contribution is -0.115. The molecule has 0 saturated heterocycles. The number of carbonyl (C=O) groups excluding carboxylic acids is 2. The van der Waals surface area contributed by atoms with E-state index in [1.54, 1.807) is 24.3 Å². The Morgan fingerprint density at radius 3 is 2.60 bits per heavy atom. The van der Waals surface area contributed by atoms with Crippen molar-refractivity contribution in [1.82, 2.24) is 0 Å². The zero-order chi connectivity index (χ0) is 14.9. The van der Waals surface area contributed by atoms with E-state index in [0.29, 0.717) is 9.77 Å². The zero-order valence-electron chi connectivity index (χ0n) is 11.2. The molecule has 7 heteroatoms.